The van der Waals surface area contributed by atoms with Gasteiger partial charge in [-0.15, -0.1) is 0 Å². The van der Waals surface area contributed by atoms with Crippen LogP contribution < -0.4 is 26.2 Å². The molecule has 20 rings (SSSR count). The van der Waals surface area contributed by atoms with Gasteiger partial charge in [-0.25, -0.2) is 0 Å². The maximum atomic E-state index is 6.97. The van der Waals surface area contributed by atoms with Crippen LogP contribution in [0.5, 0.6) is 0 Å². The van der Waals surface area contributed by atoms with Gasteiger partial charge in [-0.05, 0) is 224 Å². The van der Waals surface area contributed by atoms with E-state index in [1.807, 2.05) is 0 Å². The summed E-state index contributed by atoms with van der Waals surface area (Å²) in [6.45, 7) is 20.9. The van der Waals surface area contributed by atoms with E-state index < -0.39 is 0 Å². The summed E-state index contributed by atoms with van der Waals surface area (Å²) in [5.74, 6) is 0. The predicted molar refractivity (Wildman–Crippen MR) is 480 cm³/mol. The molecule has 0 aliphatic carbocycles. The summed E-state index contributed by atoms with van der Waals surface area (Å²) in [4.78, 5) is 5.43. The van der Waals surface area contributed by atoms with Gasteiger partial charge in [0.15, 0.2) is 0 Å². The molecule has 0 bridgehead atoms. The van der Waals surface area contributed by atoms with Gasteiger partial charge in [0, 0.05) is 66.5 Å². The molecule has 0 N–H and O–H groups in total. The molecule has 113 heavy (non-hydrogen) atoms. The first-order valence-electron chi connectivity index (χ1n) is 39.7. The van der Waals surface area contributed by atoms with E-state index in [0.717, 1.165) is 173 Å². The van der Waals surface area contributed by atoms with Gasteiger partial charge in [-0.1, -0.05) is 317 Å². The normalized spacial score (nSPS) is 12.8. The second-order valence-electron chi connectivity index (χ2n) is 33.9. The largest absolute Gasteiger partial charge is 0.456 e. The molecule has 0 spiro atoms. The molecule has 2 aliphatic rings. The van der Waals surface area contributed by atoms with E-state index in [4.69, 9.17) is 8.83 Å². The minimum Gasteiger partial charge on any atom is -0.456 e. The molecule has 0 radical (unpaired) electrons. The Morgan fingerprint density at radius 1 is 0.221 bits per heavy atom. The maximum absolute atomic E-state index is 6.97. The zero-order valence-corrected chi connectivity index (χ0v) is 65.3. The van der Waals surface area contributed by atoms with E-state index >= 15 is 0 Å². The number of hydrogen-bond donors (Lipinski definition) is 0. The van der Waals surface area contributed by atoms with Gasteiger partial charge in [-0.2, -0.15) is 0 Å². The van der Waals surface area contributed by atoms with Crippen LogP contribution in [0.1, 0.15) is 79.0 Å². The van der Waals surface area contributed by atoms with E-state index in [9.17, 15) is 0 Å². The Bertz CT molecular complexity index is 6540. The zero-order valence-electron chi connectivity index (χ0n) is 65.3. The minimum atomic E-state index is -0.316. The van der Waals surface area contributed by atoms with Crippen molar-refractivity contribution in [1.82, 2.24) is 0 Å². The number of furan rings is 2. The summed E-state index contributed by atoms with van der Waals surface area (Å²) < 4.78 is 13.9. The molecule has 4 nitrogen and oxygen atoms in total. The van der Waals surface area contributed by atoms with Crippen LogP contribution in [0.15, 0.2) is 361 Å². The Morgan fingerprint density at radius 2 is 0.549 bits per heavy atom. The van der Waals surface area contributed by atoms with Crippen molar-refractivity contribution in [3.63, 3.8) is 0 Å². The fourth-order valence-corrected chi connectivity index (χ4v) is 17.9. The topological polar surface area (TPSA) is 32.8 Å². The average Bonchev–Trinajstić information content (AvgIpc) is 1.54. The first-order chi connectivity index (χ1) is 54.9. The third kappa shape index (κ3) is 11.9. The molecule has 0 saturated carbocycles. The van der Waals surface area contributed by atoms with Gasteiger partial charge in [0.05, 0.1) is 11.4 Å². The summed E-state index contributed by atoms with van der Waals surface area (Å²) in [5, 5.41) is 4.27. The monoisotopic (exact) mass is 1450 g/mol. The minimum absolute atomic E-state index is 0.225. The van der Waals surface area contributed by atoms with Crippen LogP contribution in [0.4, 0.5) is 34.1 Å². The van der Waals surface area contributed by atoms with Crippen molar-refractivity contribution in [3.8, 4) is 100 Å². The smallest absolute Gasteiger partial charge is 0.252 e. The van der Waals surface area contributed by atoms with Crippen molar-refractivity contribution >= 4 is 101 Å². The molecule has 542 valence electrons. The lowest BCUT2D eigenvalue weighted by molar-refractivity contribution is 0.590. The SMILES string of the molecule is CC(C)(C)c1cc(-c2ccccc2)cc(-c2cc3c4c(c2)N(c2c(-c5cccc6oc7ccccc7c56)cc(C(C)(C)C)cc2-c2cccc5oc6ccccc6c25)c2ccccc2B4c2ccc(-c4cc(-c5ccccc5)cc(-c5ccccc5)c4)cc2N3c2c(-c3ccccc3)cc(C(C)(C)C)cc2-c2ccccc2)c1. The highest BCUT2D eigenvalue weighted by atomic mass is 16.3. The zero-order chi connectivity index (χ0) is 76.6. The van der Waals surface area contributed by atoms with E-state index in [-0.39, 0.29) is 23.0 Å². The summed E-state index contributed by atoms with van der Waals surface area (Å²) in [6, 6.07) is 132. The lowest BCUT2D eigenvalue weighted by Gasteiger charge is -2.46. The van der Waals surface area contributed by atoms with Gasteiger partial charge >= 0.3 is 0 Å². The van der Waals surface area contributed by atoms with Crippen molar-refractivity contribution in [2.24, 2.45) is 0 Å². The standard InChI is InChI=1S/C108H85BN2O2/c1-106(2,3)80-59-77(70-37-19-12-20-38-70)58-78(60-80)79-62-95-103-96(63-79)111(104-87(71-39-21-13-22-40-71)64-81(107(4,5)6)65-88(104)72-41-23-14-24-42-72)94-61-73(76-56-74(68-33-15-10-16-34-68)55-75(57-76)69-35-17-11-18-36-69)53-54-92(94)109(103)91-47-27-28-48-93(91)110(95)105-89(83-45-31-51-99-101(83)85-43-25-29-49-97(85)112-99)66-82(108(7,8)9)67-90(105)84-46-32-52-100-102(84)86-44-26-30-50-98(86)113-100/h10-67H,1-9H3. The van der Waals surface area contributed by atoms with Crippen LogP contribution in [0.25, 0.3) is 144 Å². The second-order valence-corrected chi connectivity index (χ2v) is 33.9. The number of nitrogens with zero attached hydrogens (tertiary/aromatic N) is 2. The van der Waals surface area contributed by atoms with Gasteiger partial charge in [0.1, 0.15) is 22.3 Å². The molecular weight excluding hydrogens is 1370 g/mol. The summed E-state index contributed by atoms with van der Waals surface area (Å²) >= 11 is 0. The molecule has 0 fully saturated rings. The molecule has 4 heterocycles. The van der Waals surface area contributed by atoms with E-state index in [1.54, 1.807) is 0 Å². The summed E-state index contributed by atoms with van der Waals surface area (Å²) in [6.07, 6.45) is 0. The molecular formula is C108H85BN2O2. The third-order valence-corrected chi connectivity index (χ3v) is 23.7. The summed E-state index contributed by atoms with van der Waals surface area (Å²) in [5.41, 5.74) is 36.7. The van der Waals surface area contributed by atoms with E-state index in [1.165, 1.54) is 38.6 Å². The fourth-order valence-electron chi connectivity index (χ4n) is 17.9. The number of hydrogen-bond acceptors (Lipinski definition) is 4. The van der Waals surface area contributed by atoms with Crippen molar-refractivity contribution in [2.45, 2.75) is 78.6 Å². The Balaban J connectivity index is 0.985. The first-order valence-corrected chi connectivity index (χ1v) is 39.7. The van der Waals surface area contributed by atoms with Crippen LogP contribution in [0.2, 0.25) is 0 Å². The molecule has 0 amide bonds. The Kier molecular flexibility index (Phi) is 16.4. The van der Waals surface area contributed by atoms with E-state index in [0.29, 0.717) is 0 Å². The summed E-state index contributed by atoms with van der Waals surface area (Å²) in [7, 11) is 0. The lowest BCUT2D eigenvalue weighted by Crippen LogP contribution is -2.61. The van der Waals surface area contributed by atoms with Crippen LogP contribution in [-0.4, -0.2) is 6.71 Å². The number of para-hydroxylation sites is 3. The molecule has 2 aliphatic heterocycles. The maximum Gasteiger partial charge on any atom is 0.252 e. The molecule has 0 unspecified atom stereocenters. The highest BCUT2D eigenvalue weighted by Crippen LogP contribution is 2.57. The fraction of sp³-hybridized carbons (Fsp3) is 0.111. The molecule has 5 heteroatoms. The Morgan fingerprint density at radius 3 is 1.01 bits per heavy atom. The molecule has 0 atom stereocenters. The van der Waals surface area contributed by atoms with Crippen molar-refractivity contribution in [1.29, 1.82) is 0 Å². The van der Waals surface area contributed by atoms with E-state index in [2.05, 4.69) is 424 Å². The number of anilines is 6. The van der Waals surface area contributed by atoms with Crippen LogP contribution >= 0.6 is 0 Å². The van der Waals surface area contributed by atoms with Gasteiger partial charge in [0.25, 0.3) is 6.71 Å². The number of rotatable bonds is 11. The number of fused-ring (bicyclic) bond motifs is 10. The Labute approximate surface area is 662 Å². The van der Waals surface area contributed by atoms with Crippen molar-refractivity contribution < 1.29 is 8.83 Å². The quantitative estimate of drug-likeness (QED) is 0.121. The Hall–Kier alpha value is -13.2. The van der Waals surface area contributed by atoms with Gasteiger partial charge in [-0.3, -0.25) is 0 Å². The highest BCUT2D eigenvalue weighted by molar-refractivity contribution is 7.00. The van der Waals surface area contributed by atoms with Crippen LogP contribution in [0.3, 0.4) is 0 Å². The predicted octanol–water partition coefficient (Wildman–Crippen LogP) is 28.5. The average molecular weight is 1450 g/mol. The lowest BCUT2D eigenvalue weighted by atomic mass is 9.33. The molecule has 2 aromatic heterocycles. The van der Waals surface area contributed by atoms with Gasteiger partial charge < -0.3 is 18.6 Å². The molecule has 0 saturated heterocycles. The highest BCUT2D eigenvalue weighted by Gasteiger charge is 2.46. The number of benzene rings is 16. The van der Waals surface area contributed by atoms with Crippen molar-refractivity contribution in [2.75, 3.05) is 9.80 Å². The third-order valence-electron chi connectivity index (χ3n) is 23.7. The van der Waals surface area contributed by atoms with Crippen molar-refractivity contribution in [3.05, 3.63) is 369 Å². The van der Waals surface area contributed by atoms with Crippen LogP contribution in [-0.2, 0) is 16.2 Å². The molecule has 16 aromatic carbocycles. The van der Waals surface area contributed by atoms with Gasteiger partial charge in [0.2, 0.25) is 0 Å². The first kappa shape index (κ1) is 69.0. The molecule has 18 aromatic rings. The second kappa shape index (κ2) is 26.8. The van der Waals surface area contributed by atoms with Crippen LogP contribution in [0, 0.1) is 0 Å².